The Hall–Kier alpha value is -1.99. The fraction of sp³-hybridized carbons (Fsp3) is 0. The van der Waals surface area contributed by atoms with Crippen molar-refractivity contribution < 1.29 is 26.6 Å². The first kappa shape index (κ1) is 12.5. The highest BCUT2D eigenvalue weighted by molar-refractivity contribution is 7.85. The lowest BCUT2D eigenvalue weighted by Crippen LogP contribution is -1.98. The normalized spacial score (nSPS) is 11.4. The number of benzene rings is 1. The molecule has 2 rings (SSSR count). The van der Waals surface area contributed by atoms with E-state index in [1.54, 1.807) is 0 Å². The fourth-order valence-electron chi connectivity index (χ4n) is 1.41. The highest BCUT2D eigenvalue weighted by atomic mass is 32.2. The zero-order chi connectivity index (χ0) is 13.3. The lowest BCUT2D eigenvalue weighted by atomic mass is 10.1. The third kappa shape index (κ3) is 2.31. The molecule has 0 atom stereocenters. The molecule has 1 heterocycles. The van der Waals surface area contributed by atoms with Gasteiger partial charge in [-0.25, -0.2) is 4.39 Å². The molecule has 18 heavy (non-hydrogen) atoms. The number of aldehydes is 1. The van der Waals surface area contributed by atoms with Gasteiger partial charge in [0.15, 0.2) is 12.0 Å². The molecule has 7 heteroatoms. The lowest BCUT2D eigenvalue weighted by molar-refractivity contribution is 0.110. The molecule has 0 unspecified atom stereocenters. The van der Waals surface area contributed by atoms with Gasteiger partial charge in [0.1, 0.15) is 11.6 Å². The van der Waals surface area contributed by atoms with E-state index >= 15 is 0 Å². The van der Waals surface area contributed by atoms with Crippen molar-refractivity contribution in [2.75, 3.05) is 0 Å². The van der Waals surface area contributed by atoms with Crippen molar-refractivity contribution in [2.24, 2.45) is 0 Å². The average molecular weight is 270 g/mol. The van der Waals surface area contributed by atoms with Crippen LogP contribution in [0.25, 0.3) is 11.3 Å². The van der Waals surface area contributed by atoms with Crippen molar-refractivity contribution in [3.63, 3.8) is 0 Å². The molecule has 0 fully saturated rings. The maximum atomic E-state index is 13.5. The van der Waals surface area contributed by atoms with E-state index in [1.165, 1.54) is 12.1 Å². The first-order valence-corrected chi connectivity index (χ1v) is 6.18. The summed E-state index contributed by atoms with van der Waals surface area (Å²) in [7, 11) is -4.43. The Kier molecular flexibility index (Phi) is 3.02. The highest BCUT2D eigenvalue weighted by Crippen LogP contribution is 2.27. The number of hydrogen-bond acceptors (Lipinski definition) is 4. The second kappa shape index (κ2) is 4.35. The van der Waals surface area contributed by atoms with Crippen LogP contribution in [-0.2, 0) is 10.1 Å². The van der Waals surface area contributed by atoms with Crippen LogP contribution in [0.15, 0.2) is 39.6 Å². The number of rotatable bonds is 3. The Morgan fingerprint density at radius 2 is 1.94 bits per heavy atom. The molecular weight excluding hydrogens is 263 g/mol. The summed E-state index contributed by atoms with van der Waals surface area (Å²) in [5.74, 6) is -0.740. The molecule has 0 bridgehead atoms. The monoisotopic (exact) mass is 270 g/mol. The summed E-state index contributed by atoms with van der Waals surface area (Å²) >= 11 is 0. The van der Waals surface area contributed by atoms with E-state index in [0.29, 0.717) is 6.29 Å². The van der Waals surface area contributed by atoms with Gasteiger partial charge in [0.25, 0.3) is 10.1 Å². The van der Waals surface area contributed by atoms with E-state index in [4.69, 9.17) is 8.97 Å². The van der Waals surface area contributed by atoms with Crippen molar-refractivity contribution in [3.8, 4) is 11.3 Å². The highest BCUT2D eigenvalue weighted by Gasteiger charge is 2.16. The predicted molar refractivity (Wildman–Crippen MR) is 59.3 cm³/mol. The molecule has 1 N–H and O–H groups in total. The van der Waals surface area contributed by atoms with Gasteiger partial charge >= 0.3 is 0 Å². The molecule has 0 saturated carbocycles. The van der Waals surface area contributed by atoms with Gasteiger partial charge in [-0.1, -0.05) is 0 Å². The maximum Gasteiger partial charge on any atom is 0.294 e. The summed E-state index contributed by atoms with van der Waals surface area (Å²) in [6.45, 7) is 0. The zero-order valence-electron chi connectivity index (χ0n) is 8.83. The van der Waals surface area contributed by atoms with Crippen LogP contribution in [0, 0.1) is 5.82 Å². The topological polar surface area (TPSA) is 84.6 Å². The molecule has 94 valence electrons. The van der Waals surface area contributed by atoms with Crippen molar-refractivity contribution in [3.05, 3.63) is 41.9 Å². The largest absolute Gasteiger partial charge is 0.453 e. The van der Waals surface area contributed by atoms with Crippen LogP contribution in [0.3, 0.4) is 0 Å². The SMILES string of the molecule is O=Cc1ccc(-c2cc(S(=O)(=O)O)ccc2F)o1. The molecule has 0 spiro atoms. The van der Waals surface area contributed by atoms with Crippen molar-refractivity contribution >= 4 is 16.4 Å². The first-order chi connectivity index (χ1) is 8.41. The molecule has 1 aromatic carbocycles. The van der Waals surface area contributed by atoms with E-state index in [-0.39, 0.29) is 17.1 Å². The van der Waals surface area contributed by atoms with Crippen LogP contribution in [0.4, 0.5) is 4.39 Å². The lowest BCUT2D eigenvalue weighted by Gasteiger charge is -2.02. The molecule has 0 aliphatic heterocycles. The zero-order valence-corrected chi connectivity index (χ0v) is 9.65. The number of carbonyl (C=O) groups is 1. The molecule has 0 aliphatic carbocycles. The smallest absolute Gasteiger partial charge is 0.294 e. The summed E-state index contributed by atoms with van der Waals surface area (Å²) in [6.07, 6.45) is 0.439. The summed E-state index contributed by atoms with van der Waals surface area (Å²) in [5, 5.41) is 0. The minimum absolute atomic E-state index is 0.0000926. The van der Waals surface area contributed by atoms with Crippen LogP contribution in [0.2, 0.25) is 0 Å². The van der Waals surface area contributed by atoms with Crippen LogP contribution >= 0.6 is 0 Å². The number of hydrogen-bond donors (Lipinski definition) is 1. The molecule has 0 aliphatic rings. The Bertz CT molecular complexity index is 702. The van der Waals surface area contributed by atoms with Crippen molar-refractivity contribution in [2.45, 2.75) is 4.90 Å². The number of halogens is 1. The van der Waals surface area contributed by atoms with E-state index in [0.717, 1.165) is 18.2 Å². The van der Waals surface area contributed by atoms with Crippen molar-refractivity contribution in [1.29, 1.82) is 0 Å². The minimum Gasteiger partial charge on any atom is -0.453 e. The second-order valence-corrected chi connectivity index (χ2v) is 4.86. The Balaban J connectivity index is 2.59. The van der Waals surface area contributed by atoms with Gasteiger partial charge in [0.05, 0.1) is 10.5 Å². The third-order valence-electron chi connectivity index (χ3n) is 2.24. The standard InChI is InChI=1S/C11H7FO5S/c12-10-3-2-8(18(14,15)16)5-9(10)11-4-1-7(6-13)17-11/h1-6H,(H,14,15,16). The fourth-order valence-corrected chi connectivity index (χ4v) is 1.92. The molecular formula is C11H7FO5S. The van der Waals surface area contributed by atoms with Crippen LogP contribution in [0.1, 0.15) is 10.6 Å². The van der Waals surface area contributed by atoms with Gasteiger partial charge in [-0.3, -0.25) is 9.35 Å². The molecule has 1 aromatic heterocycles. The van der Waals surface area contributed by atoms with E-state index < -0.39 is 20.8 Å². The summed E-state index contributed by atoms with van der Waals surface area (Å²) in [5.41, 5.74) is -0.154. The van der Waals surface area contributed by atoms with Gasteiger partial charge in [0.2, 0.25) is 0 Å². The maximum absolute atomic E-state index is 13.5. The summed E-state index contributed by atoms with van der Waals surface area (Å²) in [4.78, 5) is 9.98. The van der Waals surface area contributed by atoms with Gasteiger partial charge < -0.3 is 4.42 Å². The molecule has 2 aromatic rings. The number of furan rings is 1. The van der Waals surface area contributed by atoms with Gasteiger partial charge in [-0.2, -0.15) is 8.42 Å². The van der Waals surface area contributed by atoms with E-state index in [9.17, 15) is 17.6 Å². The third-order valence-corrected chi connectivity index (χ3v) is 3.09. The Morgan fingerprint density at radius 3 is 2.50 bits per heavy atom. The summed E-state index contributed by atoms with van der Waals surface area (Å²) in [6, 6.07) is 5.40. The molecule has 0 saturated heterocycles. The van der Waals surface area contributed by atoms with E-state index in [1.807, 2.05) is 0 Å². The molecule has 5 nitrogen and oxygen atoms in total. The van der Waals surface area contributed by atoms with Gasteiger partial charge in [-0.05, 0) is 30.3 Å². The Labute approximate surface area is 102 Å². The predicted octanol–water partition coefficient (Wildman–Crippen LogP) is 2.14. The molecule has 0 radical (unpaired) electrons. The Morgan fingerprint density at radius 1 is 1.22 bits per heavy atom. The van der Waals surface area contributed by atoms with Crippen LogP contribution < -0.4 is 0 Å². The van der Waals surface area contributed by atoms with Crippen LogP contribution in [-0.4, -0.2) is 19.3 Å². The summed E-state index contributed by atoms with van der Waals surface area (Å²) < 4.78 is 49.3. The van der Waals surface area contributed by atoms with Crippen molar-refractivity contribution in [1.82, 2.24) is 0 Å². The van der Waals surface area contributed by atoms with Crippen LogP contribution in [0.5, 0.6) is 0 Å². The van der Waals surface area contributed by atoms with Gasteiger partial charge in [-0.15, -0.1) is 0 Å². The van der Waals surface area contributed by atoms with Gasteiger partial charge in [0, 0.05) is 0 Å². The average Bonchev–Trinajstić information content (AvgIpc) is 2.76. The first-order valence-electron chi connectivity index (χ1n) is 4.74. The quantitative estimate of drug-likeness (QED) is 0.682. The minimum atomic E-state index is -4.43. The molecule has 0 amide bonds. The number of carbonyl (C=O) groups excluding carboxylic acids is 1. The second-order valence-electron chi connectivity index (χ2n) is 3.44. The van der Waals surface area contributed by atoms with E-state index in [2.05, 4.69) is 0 Å².